The fraction of sp³-hybridized carbons (Fsp3) is 0.364. The van der Waals surface area contributed by atoms with Gasteiger partial charge in [0, 0.05) is 5.56 Å². The lowest BCUT2D eigenvalue weighted by molar-refractivity contribution is -0.119. The van der Waals surface area contributed by atoms with Crippen LogP contribution in [0.1, 0.15) is 17.2 Å². The van der Waals surface area contributed by atoms with Gasteiger partial charge >= 0.3 is 0 Å². The Bertz CT molecular complexity index is 390. The van der Waals surface area contributed by atoms with E-state index in [0.29, 0.717) is 6.61 Å². The van der Waals surface area contributed by atoms with E-state index in [-0.39, 0.29) is 0 Å². The smallest absolute Gasteiger partial charge is 0.153 e. The van der Waals surface area contributed by atoms with Crippen LogP contribution in [0.3, 0.4) is 0 Å². The summed E-state index contributed by atoms with van der Waals surface area (Å²) >= 11 is 3.42. The third-order valence-electron chi connectivity index (χ3n) is 2.53. The topological polar surface area (TPSA) is 35.5 Å². The van der Waals surface area contributed by atoms with Gasteiger partial charge < -0.3 is 14.3 Å². The van der Waals surface area contributed by atoms with Crippen LogP contribution in [0.2, 0.25) is 0 Å². The van der Waals surface area contributed by atoms with E-state index in [1.807, 2.05) is 12.1 Å². The average Bonchev–Trinajstić information content (AvgIpc) is 2.28. The fourth-order valence-electron chi connectivity index (χ4n) is 1.85. The van der Waals surface area contributed by atoms with Crippen molar-refractivity contribution in [2.75, 3.05) is 13.7 Å². The summed E-state index contributed by atoms with van der Waals surface area (Å²) in [4.78, 5) is 10.8. The van der Waals surface area contributed by atoms with Crippen molar-refractivity contribution >= 4 is 22.2 Å². The number of hydrogen-bond donors (Lipinski definition) is 0. The van der Waals surface area contributed by atoms with E-state index in [9.17, 15) is 4.79 Å². The second-order valence-corrected chi connectivity index (χ2v) is 4.18. The Morgan fingerprint density at radius 3 is 3.07 bits per heavy atom. The number of rotatable bonds is 2. The van der Waals surface area contributed by atoms with Crippen LogP contribution in [0.15, 0.2) is 16.6 Å². The summed E-state index contributed by atoms with van der Waals surface area (Å²) in [5.74, 6) is 0.808. The number of carbonyl (C=O) groups excluding carboxylic acids is 1. The quantitative estimate of drug-likeness (QED) is 0.774. The molecule has 0 fully saturated rings. The van der Waals surface area contributed by atoms with Crippen molar-refractivity contribution in [1.29, 1.82) is 0 Å². The second-order valence-electron chi connectivity index (χ2n) is 3.33. The van der Waals surface area contributed by atoms with Crippen LogP contribution in [0.5, 0.6) is 5.75 Å². The average molecular weight is 271 g/mol. The number of halogens is 1. The molecule has 0 aliphatic carbocycles. The van der Waals surface area contributed by atoms with Gasteiger partial charge in [-0.1, -0.05) is 6.07 Å². The third-order valence-corrected chi connectivity index (χ3v) is 3.16. The van der Waals surface area contributed by atoms with E-state index < -0.39 is 6.10 Å². The van der Waals surface area contributed by atoms with Crippen molar-refractivity contribution in [3.8, 4) is 5.75 Å². The number of ether oxygens (including phenoxy) is 2. The van der Waals surface area contributed by atoms with Crippen molar-refractivity contribution in [3.05, 3.63) is 27.7 Å². The molecular formula is C11H11BrO3. The molecule has 1 heterocycles. The fourth-order valence-corrected chi connectivity index (χ4v) is 2.38. The maximum Gasteiger partial charge on any atom is 0.153 e. The third kappa shape index (κ3) is 1.79. The van der Waals surface area contributed by atoms with E-state index in [0.717, 1.165) is 34.1 Å². The molecule has 0 N–H and O–H groups in total. The first kappa shape index (κ1) is 10.6. The van der Waals surface area contributed by atoms with Crippen LogP contribution in [0.4, 0.5) is 0 Å². The summed E-state index contributed by atoms with van der Waals surface area (Å²) in [6, 6.07) is 3.78. The van der Waals surface area contributed by atoms with Crippen LogP contribution in [-0.2, 0) is 16.0 Å². The summed E-state index contributed by atoms with van der Waals surface area (Å²) in [5.41, 5.74) is 1.98. The van der Waals surface area contributed by atoms with Crippen molar-refractivity contribution < 1.29 is 14.3 Å². The van der Waals surface area contributed by atoms with Gasteiger partial charge in [0.2, 0.25) is 0 Å². The number of aldehydes is 1. The molecule has 0 spiro atoms. The molecule has 2 rings (SSSR count). The maximum absolute atomic E-state index is 10.8. The van der Waals surface area contributed by atoms with E-state index in [1.165, 1.54) is 0 Å². The first-order valence-electron chi connectivity index (χ1n) is 4.70. The molecular weight excluding hydrogens is 260 g/mol. The lowest BCUT2D eigenvalue weighted by Crippen LogP contribution is -2.18. The van der Waals surface area contributed by atoms with E-state index in [1.54, 1.807) is 7.11 Å². The van der Waals surface area contributed by atoms with Crippen LogP contribution in [0, 0.1) is 0 Å². The Hall–Kier alpha value is -0.870. The Balaban J connectivity index is 2.55. The second kappa shape index (κ2) is 4.33. The van der Waals surface area contributed by atoms with Gasteiger partial charge in [0.05, 0.1) is 18.2 Å². The van der Waals surface area contributed by atoms with Crippen molar-refractivity contribution in [2.24, 2.45) is 0 Å². The molecule has 0 aromatic heterocycles. The van der Waals surface area contributed by atoms with Crippen LogP contribution < -0.4 is 4.74 Å². The van der Waals surface area contributed by atoms with E-state index in [2.05, 4.69) is 15.9 Å². The van der Waals surface area contributed by atoms with Gasteiger partial charge in [0.15, 0.2) is 6.29 Å². The largest absolute Gasteiger partial charge is 0.495 e. The zero-order chi connectivity index (χ0) is 10.8. The Labute approximate surface area is 96.5 Å². The minimum Gasteiger partial charge on any atom is -0.495 e. The highest BCUT2D eigenvalue weighted by Crippen LogP contribution is 2.37. The lowest BCUT2D eigenvalue weighted by atomic mass is 9.97. The highest BCUT2D eigenvalue weighted by molar-refractivity contribution is 9.10. The minimum atomic E-state index is -0.448. The minimum absolute atomic E-state index is 0.448. The van der Waals surface area contributed by atoms with Gasteiger partial charge in [-0.05, 0) is 34.0 Å². The molecule has 15 heavy (non-hydrogen) atoms. The standard InChI is InChI=1S/C11H11BrO3/c1-14-11-8-4-5-15-10(6-13)7(8)2-3-9(11)12/h2-3,6,10H,4-5H2,1H3/t10-/m0/s1. The lowest BCUT2D eigenvalue weighted by Gasteiger charge is -2.24. The van der Waals surface area contributed by atoms with Gasteiger partial charge in [0.1, 0.15) is 11.9 Å². The molecule has 80 valence electrons. The highest BCUT2D eigenvalue weighted by Gasteiger charge is 2.24. The summed E-state index contributed by atoms with van der Waals surface area (Å²) in [5, 5.41) is 0. The number of carbonyl (C=O) groups is 1. The SMILES string of the molecule is COc1c(Br)ccc2c1CCO[C@H]2C=O. The molecule has 0 unspecified atom stereocenters. The number of benzene rings is 1. The molecule has 3 nitrogen and oxygen atoms in total. The van der Waals surface area contributed by atoms with E-state index >= 15 is 0 Å². The monoisotopic (exact) mass is 270 g/mol. The molecule has 0 saturated carbocycles. The number of fused-ring (bicyclic) bond motifs is 1. The molecule has 1 aliphatic rings. The van der Waals surface area contributed by atoms with E-state index in [4.69, 9.17) is 9.47 Å². The maximum atomic E-state index is 10.8. The first-order valence-corrected chi connectivity index (χ1v) is 5.49. The molecule has 1 aromatic carbocycles. The van der Waals surface area contributed by atoms with Crippen LogP contribution in [-0.4, -0.2) is 20.0 Å². The zero-order valence-corrected chi connectivity index (χ0v) is 9.91. The van der Waals surface area contributed by atoms with Gasteiger partial charge in [-0.25, -0.2) is 0 Å². The summed E-state index contributed by atoms with van der Waals surface area (Å²) < 4.78 is 11.6. The van der Waals surface area contributed by atoms with Gasteiger partial charge in [0.25, 0.3) is 0 Å². The molecule has 0 radical (unpaired) electrons. The Morgan fingerprint density at radius 2 is 2.40 bits per heavy atom. The molecule has 1 atom stereocenters. The normalized spacial score (nSPS) is 19.5. The van der Waals surface area contributed by atoms with Crippen LogP contribution >= 0.6 is 15.9 Å². The molecule has 1 aromatic rings. The molecule has 1 aliphatic heterocycles. The molecule has 0 amide bonds. The Kier molecular flexibility index (Phi) is 3.07. The highest BCUT2D eigenvalue weighted by atomic mass is 79.9. The van der Waals surface area contributed by atoms with Gasteiger partial charge in [-0.2, -0.15) is 0 Å². The first-order chi connectivity index (χ1) is 7.27. The van der Waals surface area contributed by atoms with Crippen molar-refractivity contribution in [3.63, 3.8) is 0 Å². The summed E-state index contributed by atoms with van der Waals surface area (Å²) in [6.07, 6.45) is 1.16. The molecule has 0 bridgehead atoms. The Morgan fingerprint density at radius 1 is 1.60 bits per heavy atom. The van der Waals surface area contributed by atoms with Crippen molar-refractivity contribution in [2.45, 2.75) is 12.5 Å². The molecule has 4 heteroatoms. The van der Waals surface area contributed by atoms with Gasteiger partial charge in [-0.3, -0.25) is 0 Å². The van der Waals surface area contributed by atoms with Crippen molar-refractivity contribution in [1.82, 2.24) is 0 Å². The predicted octanol–water partition coefficient (Wildman–Crippen LogP) is 2.27. The number of methoxy groups -OCH3 is 1. The number of hydrogen-bond acceptors (Lipinski definition) is 3. The van der Waals surface area contributed by atoms with Crippen LogP contribution in [0.25, 0.3) is 0 Å². The predicted molar refractivity (Wildman–Crippen MR) is 59.2 cm³/mol. The molecule has 0 saturated heterocycles. The van der Waals surface area contributed by atoms with Gasteiger partial charge in [-0.15, -0.1) is 0 Å². The zero-order valence-electron chi connectivity index (χ0n) is 8.33. The summed E-state index contributed by atoms with van der Waals surface area (Å²) in [6.45, 7) is 0.559. The summed E-state index contributed by atoms with van der Waals surface area (Å²) in [7, 11) is 1.63.